The molecule has 0 heterocycles. The van der Waals surface area contributed by atoms with Gasteiger partial charge >= 0.3 is 0 Å². The van der Waals surface area contributed by atoms with Gasteiger partial charge < -0.3 is 10.2 Å². The van der Waals surface area contributed by atoms with E-state index in [4.69, 9.17) is 0 Å². The zero-order chi connectivity index (χ0) is 11.0. The third-order valence-electron chi connectivity index (χ3n) is 2.40. The molecule has 1 N–H and O–H groups in total. The SMILES string of the molecule is CCCC(CC)NCCC(=O)N(C)C. The average Bonchev–Trinajstić information content (AvgIpc) is 2.16. The van der Waals surface area contributed by atoms with Gasteiger partial charge in [0.05, 0.1) is 0 Å². The van der Waals surface area contributed by atoms with E-state index in [1.54, 1.807) is 19.0 Å². The highest BCUT2D eigenvalue weighted by Crippen LogP contribution is 2.00. The van der Waals surface area contributed by atoms with Crippen LogP contribution in [0.4, 0.5) is 0 Å². The molecule has 3 heteroatoms. The molecule has 0 aromatic rings. The number of rotatable bonds is 7. The number of hydrogen-bond donors (Lipinski definition) is 1. The third-order valence-corrected chi connectivity index (χ3v) is 2.40. The van der Waals surface area contributed by atoms with Crippen LogP contribution in [0.2, 0.25) is 0 Å². The second-order valence-electron chi connectivity index (χ2n) is 3.89. The van der Waals surface area contributed by atoms with E-state index < -0.39 is 0 Å². The molecule has 0 saturated carbocycles. The molecule has 14 heavy (non-hydrogen) atoms. The number of hydrogen-bond acceptors (Lipinski definition) is 2. The summed E-state index contributed by atoms with van der Waals surface area (Å²) in [6.45, 7) is 5.17. The van der Waals surface area contributed by atoms with Gasteiger partial charge in [0.2, 0.25) is 5.91 Å². The van der Waals surface area contributed by atoms with Crippen LogP contribution in [-0.2, 0) is 4.79 Å². The van der Waals surface area contributed by atoms with Crippen LogP contribution in [0.15, 0.2) is 0 Å². The van der Waals surface area contributed by atoms with Gasteiger partial charge in [0, 0.05) is 33.1 Å². The molecule has 0 saturated heterocycles. The molecule has 0 radical (unpaired) electrons. The maximum Gasteiger partial charge on any atom is 0.223 e. The number of carbonyl (C=O) groups is 1. The number of nitrogens with one attached hydrogen (secondary N) is 1. The maximum absolute atomic E-state index is 11.3. The Kier molecular flexibility index (Phi) is 7.48. The molecule has 0 bridgehead atoms. The minimum absolute atomic E-state index is 0.198. The Morgan fingerprint density at radius 3 is 2.43 bits per heavy atom. The highest BCUT2D eigenvalue weighted by molar-refractivity contribution is 5.75. The number of nitrogens with zero attached hydrogens (tertiary/aromatic N) is 1. The van der Waals surface area contributed by atoms with Crippen LogP contribution < -0.4 is 5.32 Å². The Balaban J connectivity index is 3.55. The standard InChI is InChI=1S/C11H24N2O/c1-5-7-10(6-2)12-9-8-11(14)13(3)4/h10,12H,5-9H2,1-4H3. The first kappa shape index (κ1) is 13.4. The quantitative estimate of drug-likeness (QED) is 0.677. The van der Waals surface area contributed by atoms with Crippen molar-refractivity contribution in [2.75, 3.05) is 20.6 Å². The molecular weight excluding hydrogens is 176 g/mol. The highest BCUT2D eigenvalue weighted by atomic mass is 16.2. The summed E-state index contributed by atoms with van der Waals surface area (Å²) in [5.74, 6) is 0.198. The van der Waals surface area contributed by atoms with Crippen LogP contribution in [0.5, 0.6) is 0 Å². The van der Waals surface area contributed by atoms with E-state index in [1.807, 2.05) is 0 Å². The van der Waals surface area contributed by atoms with Crippen molar-refractivity contribution in [1.29, 1.82) is 0 Å². The van der Waals surface area contributed by atoms with E-state index in [-0.39, 0.29) is 5.91 Å². The van der Waals surface area contributed by atoms with E-state index in [0.717, 1.165) is 13.0 Å². The molecule has 0 spiro atoms. The number of amides is 1. The predicted octanol–water partition coefficient (Wildman–Crippen LogP) is 1.63. The Hall–Kier alpha value is -0.570. The molecule has 1 unspecified atom stereocenters. The van der Waals surface area contributed by atoms with E-state index in [2.05, 4.69) is 19.2 Å². The molecule has 1 atom stereocenters. The van der Waals surface area contributed by atoms with Gasteiger partial charge in [-0.2, -0.15) is 0 Å². The Labute approximate surface area is 87.9 Å². The van der Waals surface area contributed by atoms with Crippen molar-refractivity contribution < 1.29 is 4.79 Å². The second kappa shape index (κ2) is 7.80. The fourth-order valence-corrected chi connectivity index (χ4v) is 1.41. The molecule has 0 aromatic heterocycles. The summed E-state index contributed by atoms with van der Waals surface area (Å²) in [6, 6.07) is 0.579. The smallest absolute Gasteiger partial charge is 0.223 e. The van der Waals surface area contributed by atoms with Crippen LogP contribution in [0.25, 0.3) is 0 Å². The molecule has 0 fully saturated rings. The zero-order valence-corrected chi connectivity index (χ0v) is 9.97. The lowest BCUT2D eigenvalue weighted by atomic mass is 10.1. The lowest BCUT2D eigenvalue weighted by Gasteiger charge is -2.16. The lowest BCUT2D eigenvalue weighted by Crippen LogP contribution is -2.32. The topological polar surface area (TPSA) is 32.3 Å². The monoisotopic (exact) mass is 200 g/mol. The summed E-state index contributed by atoms with van der Waals surface area (Å²) in [4.78, 5) is 12.9. The summed E-state index contributed by atoms with van der Waals surface area (Å²) in [7, 11) is 3.59. The maximum atomic E-state index is 11.3. The summed E-state index contributed by atoms with van der Waals surface area (Å²) < 4.78 is 0. The van der Waals surface area contributed by atoms with E-state index in [9.17, 15) is 4.79 Å². The Morgan fingerprint density at radius 2 is 2.00 bits per heavy atom. The lowest BCUT2D eigenvalue weighted by molar-refractivity contribution is -0.128. The van der Waals surface area contributed by atoms with Crippen LogP contribution in [0.1, 0.15) is 39.5 Å². The van der Waals surface area contributed by atoms with Crippen molar-refractivity contribution in [3.05, 3.63) is 0 Å². The number of carbonyl (C=O) groups excluding carboxylic acids is 1. The molecule has 0 aromatic carbocycles. The van der Waals surface area contributed by atoms with Gasteiger partial charge in [-0.15, -0.1) is 0 Å². The van der Waals surface area contributed by atoms with E-state index in [0.29, 0.717) is 12.5 Å². The zero-order valence-electron chi connectivity index (χ0n) is 9.97. The molecule has 0 aliphatic heterocycles. The summed E-state index contributed by atoms with van der Waals surface area (Å²) >= 11 is 0. The average molecular weight is 200 g/mol. The third kappa shape index (κ3) is 5.97. The molecule has 0 rings (SSSR count). The van der Waals surface area contributed by atoms with Gasteiger partial charge in [-0.1, -0.05) is 20.3 Å². The molecule has 84 valence electrons. The first-order chi connectivity index (χ1) is 6.61. The van der Waals surface area contributed by atoms with Crippen molar-refractivity contribution in [1.82, 2.24) is 10.2 Å². The Bertz CT molecular complexity index is 157. The minimum atomic E-state index is 0.198. The summed E-state index contributed by atoms with van der Waals surface area (Å²) in [5, 5.41) is 3.41. The second-order valence-corrected chi connectivity index (χ2v) is 3.89. The van der Waals surface area contributed by atoms with Gasteiger partial charge in [-0.25, -0.2) is 0 Å². The van der Waals surface area contributed by atoms with E-state index >= 15 is 0 Å². The first-order valence-electron chi connectivity index (χ1n) is 5.55. The van der Waals surface area contributed by atoms with Gasteiger partial charge in [0.25, 0.3) is 0 Å². The van der Waals surface area contributed by atoms with Crippen molar-refractivity contribution in [2.24, 2.45) is 0 Å². The summed E-state index contributed by atoms with van der Waals surface area (Å²) in [5.41, 5.74) is 0. The molecule has 3 nitrogen and oxygen atoms in total. The van der Waals surface area contributed by atoms with Crippen molar-refractivity contribution in [2.45, 2.75) is 45.6 Å². The fraction of sp³-hybridized carbons (Fsp3) is 0.909. The van der Waals surface area contributed by atoms with Crippen LogP contribution in [-0.4, -0.2) is 37.5 Å². The van der Waals surface area contributed by atoms with Gasteiger partial charge in [-0.3, -0.25) is 4.79 Å². The fourth-order valence-electron chi connectivity index (χ4n) is 1.41. The molecule has 0 aliphatic carbocycles. The van der Waals surface area contributed by atoms with Crippen LogP contribution in [0, 0.1) is 0 Å². The summed E-state index contributed by atoms with van der Waals surface area (Å²) in [6.07, 6.45) is 4.15. The molecular formula is C11H24N2O. The first-order valence-corrected chi connectivity index (χ1v) is 5.55. The molecule has 0 aliphatic rings. The van der Waals surface area contributed by atoms with Crippen molar-refractivity contribution in [3.8, 4) is 0 Å². The van der Waals surface area contributed by atoms with Gasteiger partial charge in [-0.05, 0) is 12.8 Å². The van der Waals surface area contributed by atoms with Crippen molar-refractivity contribution in [3.63, 3.8) is 0 Å². The van der Waals surface area contributed by atoms with Crippen LogP contribution in [0.3, 0.4) is 0 Å². The minimum Gasteiger partial charge on any atom is -0.349 e. The highest BCUT2D eigenvalue weighted by Gasteiger charge is 2.06. The van der Waals surface area contributed by atoms with E-state index in [1.165, 1.54) is 12.8 Å². The normalized spacial score (nSPS) is 12.6. The Morgan fingerprint density at radius 1 is 1.36 bits per heavy atom. The van der Waals surface area contributed by atoms with Crippen LogP contribution >= 0.6 is 0 Å². The molecule has 1 amide bonds. The van der Waals surface area contributed by atoms with Crippen molar-refractivity contribution >= 4 is 5.91 Å². The predicted molar refractivity (Wildman–Crippen MR) is 60.3 cm³/mol. The van der Waals surface area contributed by atoms with Gasteiger partial charge in [0.1, 0.15) is 0 Å². The van der Waals surface area contributed by atoms with Gasteiger partial charge in [0.15, 0.2) is 0 Å². The largest absolute Gasteiger partial charge is 0.349 e.